The van der Waals surface area contributed by atoms with Crippen molar-refractivity contribution in [1.29, 1.82) is 0 Å². The molecule has 1 heterocycles. The number of esters is 1. The zero-order valence-corrected chi connectivity index (χ0v) is 8.43. The molecule has 0 aromatic heterocycles. The highest BCUT2D eigenvalue weighted by molar-refractivity contribution is 6.02. The van der Waals surface area contributed by atoms with Crippen LogP contribution in [-0.2, 0) is 9.53 Å². The topological polar surface area (TPSA) is 38.7 Å². The van der Waals surface area contributed by atoms with Gasteiger partial charge in [-0.25, -0.2) is 9.79 Å². The first kappa shape index (κ1) is 8.65. The van der Waals surface area contributed by atoms with Crippen molar-refractivity contribution in [2.75, 3.05) is 0 Å². The minimum atomic E-state index is -0.578. The fraction of sp³-hybridized carbons (Fsp3) is 0.333. The van der Waals surface area contributed by atoms with Crippen LogP contribution in [0.1, 0.15) is 24.8 Å². The number of ether oxygens (including phenoxy) is 1. The van der Waals surface area contributed by atoms with Crippen LogP contribution in [0.2, 0.25) is 0 Å². The van der Waals surface area contributed by atoms with E-state index in [-0.39, 0.29) is 11.9 Å². The predicted octanol–water partition coefficient (Wildman–Crippen LogP) is 1.89. The molecular formula is C12H11NO2. The standard InChI is InChI=1S/C12H11NO2/c1-8-13-12(11(14)15-8)7-10(12)9-5-3-2-4-6-9/h2-6,10H,7H2,1H3/t10-,12?/m0/s1. The molecule has 3 heteroatoms. The van der Waals surface area contributed by atoms with Gasteiger partial charge in [0.2, 0.25) is 0 Å². The van der Waals surface area contributed by atoms with E-state index < -0.39 is 5.54 Å². The summed E-state index contributed by atoms with van der Waals surface area (Å²) in [5, 5.41) is 0. The molecule has 2 aliphatic rings. The second kappa shape index (κ2) is 2.69. The Labute approximate surface area is 87.8 Å². The molecule has 0 N–H and O–H groups in total. The van der Waals surface area contributed by atoms with Crippen molar-refractivity contribution in [3.8, 4) is 0 Å². The van der Waals surface area contributed by atoms with Gasteiger partial charge in [-0.05, 0) is 12.0 Å². The van der Waals surface area contributed by atoms with Gasteiger partial charge in [-0.2, -0.15) is 0 Å². The number of hydrogen-bond acceptors (Lipinski definition) is 3. The van der Waals surface area contributed by atoms with Gasteiger partial charge in [0.25, 0.3) is 0 Å². The monoisotopic (exact) mass is 201 g/mol. The van der Waals surface area contributed by atoms with E-state index in [1.807, 2.05) is 30.3 Å². The lowest BCUT2D eigenvalue weighted by atomic mass is 10.1. The molecule has 3 nitrogen and oxygen atoms in total. The molecule has 1 aliphatic heterocycles. The lowest BCUT2D eigenvalue weighted by molar-refractivity contribution is -0.136. The van der Waals surface area contributed by atoms with Crippen molar-refractivity contribution in [1.82, 2.24) is 0 Å². The van der Waals surface area contributed by atoms with E-state index in [1.165, 1.54) is 5.56 Å². The van der Waals surface area contributed by atoms with Crippen molar-refractivity contribution in [3.05, 3.63) is 35.9 Å². The van der Waals surface area contributed by atoms with Gasteiger partial charge in [0.1, 0.15) is 0 Å². The van der Waals surface area contributed by atoms with Gasteiger partial charge in [-0.3, -0.25) is 0 Å². The van der Waals surface area contributed by atoms with Crippen LogP contribution < -0.4 is 0 Å². The van der Waals surface area contributed by atoms with Gasteiger partial charge < -0.3 is 4.74 Å². The van der Waals surface area contributed by atoms with E-state index in [9.17, 15) is 4.79 Å². The maximum Gasteiger partial charge on any atom is 0.341 e. The summed E-state index contributed by atoms with van der Waals surface area (Å²) in [4.78, 5) is 15.9. The molecule has 0 radical (unpaired) electrons. The van der Waals surface area contributed by atoms with Gasteiger partial charge in [-0.1, -0.05) is 30.3 Å². The van der Waals surface area contributed by atoms with Crippen LogP contribution in [0.4, 0.5) is 0 Å². The normalized spacial score (nSPS) is 32.7. The number of cyclic esters (lactones) is 1. The summed E-state index contributed by atoms with van der Waals surface area (Å²) in [7, 11) is 0. The third-order valence-corrected chi connectivity index (χ3v) is 3.08. The molecule has 76 valence electrons. The first-order chi connectivity index (χ1) is 7.22. The van der Waals surface area contributed by atoms with Crippen LogP contribution in [0.5, 0.6) is 0 Å². The summed E-state index contributed by atoms with van der Waals surface area (Å²) in [6.45, 7) is 1.73. The van der Waals surface area contributed by atoms with E-state index in [0.717, 1.165) is 6.42 Å². The van der Waals surface area contributed by atoms with Crippen molar-refractivity contribution < 1.29 is 9.53 Å². The number of nitrogens with zero attached hydrogens (tertiary/aromatic N) is 1. The molecule has 0 bridgehead atoms. The van der Waals surface area contributed by atoms with Crippen LogP contribution in [0.25, 0.3) is 0 Å². The highest BCUT2D eigenvalue weighted by atomic mass is 16.6. The summed E-state index contributed by atoms with van der Waals surface area (Å²) in [5.74, 6) is 0.524. The van der Waals surface area contributed by atoms with Gasteiger partial charge in [0, 0.05) is 12.8 Å². The molecule has 3 rings (SSSR count). The SMILES string of the molecule is CC1=NC2(C[C@H]2c2ccccc2)C(=O)O1. The van der Waals surface area contributed by atoms with E-state index in [4.69, 9.17) is 4.74 Å². The molecule has 15 heavy (non-hydrogen) atoms. The van der Waals surface area contributed by atoms with Crippen molar-refractivity contribution in [3.63, 3.8) is 0 Å². The molecule has 0 saturated heterocycles. The second-order valence-electron chi connectivity index (χ2n) is 4.11. The Morgan fingerprint density at radius 1 is 1.40 bits per heavy atom. The van der Waals surface area contributed by atoms with E-state index in [0.29, 0.717) is 5.90 Å². The summed E-state index contributed by atoms with van der Waals surface area (Å²) in [5.41, 5.74) is 0.596. The van der Waals surface area contributed by atoms with Gasteiger partial charge in [0.05, 0.1) is 0 Å². The van der Waals surface area contributed by atoms with Crippen molar-refractivity contribution in [2.24, 2.45) is 4.99 Å². The maximum absolute atomic E-state index is 11.6. The summed E-state index contributed by atoms with van der Waals surface area (Å²) < 4.78 is 5.00. The van der Waals surface area contributed by atoms with Crippen LogP contribution in [0.3, 0.4) is 0 Å². The summed E-state index contributed by atoms with van der Waals surface area (Å²) in [6, 6.07) is 10.0. The molecule has 0 amide bonds. The largest absolute Gasteiger partial charge is 0.410 e. The maximum atomic E-state index is 11.6. The lowest BCUT2D eigenvalue weighted by Crippen LogP contribution is -2.18. The number of carbonyl (C=O) groups excluding carboxylic acids is 1. The molecule has 2 atom stereocenters. The Morgan fingerprint density at radius 2 is 2.13 bits per heavy atom. The van der Waals surface area contributed by atoms with Gasteiger partial charge in [0.15, 0.2) is 11.4 Å². The van der Waals surface area contributed by atoms with Crippen molar-refractivity contribution in [2.45, 2.75) is 24.8 Å². The van der Waals surface area contributed by atoms with Crippen LogP contribution in [-0.4, -0.2) is 17.4 Å². The summed E-state index contributed by atoms with van der Waals surface area (Å²) in [6.07, 6.45) is 0.785. The Bertz CT molecular complexity index is 452. The van der Waals surface area contributed by atoms with Gasteiger partial charge in [-0.15, -0.1) is 0 Å². The highest BCUT2D eigenvalue weighted by Crippen LogP contribution is 2.57. The minimum Gasteiger partial charge on any atom is -0.410 e. The van der Waals surface area contributed by atoms with Crippen molar-refractivity contribution >= 4 is 11.9 Å². The smallest absolute Gasteiger partial charge is 0.341 e. The van der Waals surface area contributed by atoms with E-state index in [2.05, 4.69) is 4.99 Å². The molecular weight excluding hydrogens is 190 g/mol. The zero-order valence-electron chi connectivity index (χ0n) is 8.43. The molecule has 1 aliphatic carbocycles. The Kier molecular flexibility index (Phi) is 1.55. The fourth-order valence-corrected chi connectivity index (χ4v) is 2.25. The molecule has 1 unspecified atom stereocenters. The molecule has 1 aromatic carbocycles. The van der Waals surface area contributed by atoms with Crippen LogP contribution in [0, 0.1) is 0 Å². The highest BCUT2D eigenvalue weighted by Gasteiger charge is 2.65. The lowest BCUT2D eigenvalue weighted by Gasteiger charge is -2.01. The predicted molar refractivity (Wildman–Crippen MR) is 55.7 cm³/mol. The van der Waals surface area contributed by atoms with Crippen LogP contribution >= 0.6 is 0 Å². The number of aliphatic imine (C=N–C) groups is 1. The van der Waals surface area contributed by atoms with Crippen LogP contribution in [0.15, 0.2) is 35.3 Å². The minimum absolute atomic E-state index is 0.186. The average molecular weight is 201 g/mol. The number of benzene rings is 1. The third kappa shape index (κ3) is 1.12. The second-order valence-corrected chi connectivity index (χ2v) is 4.11. The first-order valence-corrected chi connectivity index (χ1v) is 5.06. The summed E-state index contributed by atoms with van der Waals surface area (Å²) >= 11 is 0. The molecule has 1 spiro atoms. The fourth-order valence-electron chi connectivity index (χ4n) is 2.25. The molecule has 1 fully saturated rings. The molecule has 1 aromatic rings. The first-order valence-electron chi connectivity index (χ1n) is 5.06. The number of hydrogen-bond donors (Lipinski definition) is 0. The van der Waals surface area contributed by atoms with Gasteiger partial charge >= 0.3 is 5.97 Å². The Balaban J connectivity index is 1.93. The Hall–Kier alpha value is -1.64. The number of rotatable bonds is 1. The quantitative estimate of drug-likeness (QED) is 0.651. The Morgan fingerprint density at radius 3 is 2.73 bits per heavy atom. The number of carbonyl (C=O) groups is 1. The average Bonchev–Trinajstić information content (AvgIpc) is 2.87. The third-order valence-electron chi connectivity index (χ3n) is 3.08. The van der Waals surface area contributed by atoms with E-state index >= 15 is 0 Å². The van der Waals surface area contributed by atoms with E-state index in [1.54, 1.807) is 6.92 Å². The molecule has 1 saturated carbocycles. The zero-order chi connectivity index (χ0) is 10.5.